The summed E-state index contributed by atoms with van der Waals surface area (Å²) in [5.74, 6) is 0.404. The average Bonchev–Trinajstić information content (AvgIpc) is 2.98. The van der Waals surface area contributed by atoms with Crippen LogP contribution in [-0.4, -0.2) is 43.5 Å². The predicted octanol–water partition coefficient (Wildman–Crippen LogP) is 1.80. The van der Waals surface area contributed by atoms with E-state index in [0.29, 0.717) is 19.0 Å². The highest BCUT2D eigenvalue weighted by Crippen LogP contribution is 2.32. The van der Waals surface area contributed by atoms with E-state index in [1.807, 2.05) is 0 Å². The molecule has 0 aromatic carbocycles. The van der Waals surface area contributed by atoms with Crippen molar-refractivity contribution in [3.8, 4) is 0 Å². The number of ether oxygens (including phenoxy) is 1. The number of methoxy groups -OCH3 is 1. The quantitative estimate of drug-likeness (QED) is 0.694. The van der Waals surface area contributed by atoms with E-state index in [0.717, 1.165) is 32.1 Å². The van der Waals surface area contributed by atoms with Gasteiger partial charge in [0.1, 0.15) is 6.54 Å². The van der Waals surface area contributed by atoms with E-state index in [9.17, 15) is 9.59 Å². The number of carbonyl (C=O) groups is 2. The fourth-order valence-corrected chi connectivity index (χ4v) is 3.19. The fourth-order valence-electron chi connectivity index (χ4n) is 3.19. The van der Waals surface area contributed by atoms with Crippen LogP contribution in [0.25, 0.3) is 0 Å². The van der Waals surface area contributed by atoms with Crippen LogP contribution in [0, 0.1) is 17.8 Å². The van der Waals surface area contributed by atoms with Gasteiger partial charge in [0.05, 0.1) is 7.11 Å². The van der Waals surface area contributed by atoms with Gasteiger partial charge in [0.25, 0.3) is 0 Å². The summed E-state index contributed by atoms with van der Waals surface area (Å²) in [6.45, 7) is 5.47. The largest absolute Gasteiger partial charge is 0.468 e. The normalized spacial score (nSPS) is 21.6. The van der Waals surface area contributed by atoms with Crippen LogP contribution in [0.3, 0.4) is 0 Å². The highest BCUT2D eigenvalue weighted by Gasteiger charge is 2.35. The Kier molecular flexibility index (Phi) is 7.72. The SMILES string of the molecule is CCC(CC)CN(CC(=O)OC)C(=O)C1CCCC1CN. The van der Waals surface area contributed by atoms with E-state index < -0.39 is 0 Å². The van der Waals surface area contributed by atoms with E-state index >= 15 is 0 Å². The van der Waals surface area contributed by atoms with Crippen molar-refractivity contribution < 1.29 is 14.3 Å². The van der Waals surface area contributed by atoms with Crippen LogP contribution in [0.4, 0.5) is 0 Å². The molecule has 1 aliphatic rings. The minimum atomic E-state index is -0.350. The van der Waals surface area contributed by atoms with Gasteiger partial charge in [0.2, 0.25) is 5.91 Å². The van der Waals surface area contributed by atoms with Crippen LogP contribution in [0.2, 0.25) is 0 Å². The summed E-state index contributed by atoms with van der Waals surface area (Å²) < 4.78 is 4.74. The third kappa shape index (κ3) is 4.99. The van der Waals surface area contributed by atoms with Crippen LogP contribution < -0.4 is 5.73 Å². The Labute approximate surface area is 128 Å². The first-order valence-corrected chi connectivity index (χ1v) is 8.12. The van der Waals surface area contributed by atoms with E-state index in [2.05, 4.69) is 13.8 Å². The van der Waals surface area contributed by atoms with Crippen LogP contribution in [0.5, 0.6) is 0 Å². The second-order valence-electron chi connectivity index (χ2n) is 6.01. The Morgan fingerprint density at radius 1 is 1.29 bits per heavy atom. The first-order chi connectivity index (χ1) is 10.1. The number of hydrogen-bond acceptors (Lipinski definition) is 4. The molecule has 0 aliphatic heterocycles. The maximum absolute atomic E-state index is 12.8. The minimum Gasteiger partial charge on any atom is -0.468 e. The van der Waals surface area contributed by atoms with Crippen LogP contribution in [0.15, 0.2) is 0 Å². The lowest BCUT2D eigenvalue weighted by atomic mass is 9.93. The Morgan fingerprint density at radius 3 is 2.48 bits per heavy atom. The molecule has 0 aromatic rings. The van der Waals surface area contributed by atoms with Gasteiger partial charge in [0, 0.05) is 12.5 Å². The highest BCUT2D eigenvalue weighted by molar-refractivity contribution is 5.84. The molecule has 1 saturated carbocycles. The topological polar surface area (TPSA) is 72.6 Å². The molecule has 1 aliphatic carbocycles. The Balaban J connectivity index is 2.78. The van der Waals surface area contributed by atoms with Gasteiger partial charge in [-0.25, -0.2) is 0 Å². The van der Waals surface area contributed by atoms with Crippen molar-refractivity contribution in [2.24, 2.45) is 23.5 Å². The van der Waals surface area contributed by atoms with Gasteiger partial charge in [-0.1, -0.05) is 33.1 Å². The molecule has 122 valence electrons. The third-order valence-electron chi connectivity index (χ3n) is 4.77. The summed E-state index contributed by atoms with van der Waals surface area (Å²) in [6.07, 6.45) is 4.97. The molecular formula is C16H30N2O3. The van der Waals surface area contributed by atoms with Gasteiger partial charge in [0.15, 0.2) is 0 Å². The number of esters is 1. The molecule has 2 N–H and O–H groups in total. The molecule has 0 aromatic heterocycles. The highest BCUT2D eigenvalue weighted by atomic mass is 16.5. The summed E-state index contributed by atoms with van der Waals surface area (Å²) in [4.78, 5) is 26.1. The molecule has 0 saturated heterocycles. The Morgan fingerprint density at radius 2 is 1.95 bits per heavy atom. The van der Waals surface area contributed by atoms with Crippen molar-refractivity contribution in [1.82, 2.24) is 4.90 Å². The van der Waals surface area contributed by atoms with Gasteiger partial charge < -0.3 is 15.4 Å². The molecule has 2 unspecified atom stereocenters. The second kappa shape index (κ2) is 9.03. The van der Waals surface area contributed by atoms with Gasteiger partial charge >= 0.3 is 5.97 Å². The zero-order valence-corrected chi connectivity index (χ0v) is 13.6. The van der Waals surface area contributed by atoms with Crippen LogP contribution in [0.1, 0.15) is 46.0 Å². The lowest BCUT2D eigenvalue weighted by Gasteiger charge is -2.30. The van der Waals surface area contributed by atoms with Crippen LogP contribution >= 0.6 is 0 Å². The number of hydrogen-bond donors (Lipinski definition) is 1. The van der Waals surface area contributed by atoms with Crippen molar-refractivity contribution in [1.29, 1.82) is 0 Å². The first-order valence-electron chi connectivity index (χ1n) is 8.12. The van der Waals surface area contributed by atoms with E-state index in [1.165, 1.54) is 7.11 Å². The maximum atomic E-state index is 12.8. The number of nitrogens with zero attached hydrogens (tertiary/aromatic N) is 1. The van der Waals surface area contributed by atoms with Crippen molar-refractivity contribution in [3.05, 3.63) is 0 Å². The average molecular weight is 298 g/mol. The molecule has 2 atom stereocenters. The van der Waals surface area contributed by atoms with E-state index in [4.69, 9.17) is 10.5 Å². The number of carbonyl (C=O) groups excluding carboxylic acids is 2. The molecule has 5 nitrogen and oxygen atoms in total. The van der Waals surface area contributed by atoms with E-state index in [-0.39, 0.29) is 30.3 Å². The molecule has 1 rings (SSSR count). The summed E-state index contributed by atoms with van der Waals surface area (Å²) in [5.41, 5.74) is 5.78. The van der Waals surface area contributed by atoms with Gasteiger partial charge in [-0.3, -0.25) is 9.59 Å². The summed E-state index contributed by atoms with van der Waals surface area (Å²) in [5, 5.41) is 0. The van der Waals surface area contributed by atoms with Gasteiger partial charge in [-0.15, -0.1) is 0 Å². The standard InChI is InChI=1S/C16H30N2O3/c1-4-12(5-2)10-18(11-15(19)21-3)16(20)14-8-6-7-13(14)9-17/h12-14H,4-11,17H2,1-3H3. The molecule has 21 heavy (non-hydrogen) atoms. The first kappa shape index (κ1) is 18.0. The molecule has 0 radical (unpaired) electrons. The molecule has 0 bridgehead atoms. The van der Waals surface area contributed by atoms with Crippen molar-refractivity contribution in [2.45, 2.75) is 46.0 Å². The molecular weight excluding hydrogens is 268 g/mol. The third-order valence-corrected chi connectivity index (χ3v) is 4.77. The predicted molar refractivity (Wildman–Crippen MR) is 82.6 cm³/mol. The van der Waals surface area contributed by atoms with Crippen molar-refractivity contribution >= 4 is 11.9 Å². The molecule has 0 spiro atoms. The van der Waals surface area contributed by atoms with Gasteiger partial charge in [-0.05, 0) is 31.2 Å². The number of rotatable bonds is 8. The number of amides is 1. The molecule has 5 heteroatoms. The minimum absolute atomic E-state index is 0.0194. The van der Waals surface area contributed by atoms with Gasteiger partial charge in [-0.2, -0.15) is 0 Å². The summed E-state index contributed by atoms with van der Waals surface area (Å²) in [6, 6.07) is 0. The maximum Gasteiger partial charge on any atom is 0.325 e. The summed E-state index contributed by atoms with van der Waals surface area (Å²) in [7, 11) is 1.36. The fraction of sp³-hybridized carbons (Fsp3) is 0.875. The zero-order chi connectivity index (χ0) is 15.8. The monoisotopic (exact) mass is 298 g/mol. The van der Waals surface area contributed by atoms with Crippen molar-refractivity contribution in [3.63, 3.8) is 0 Å². The summed E-state index contributed by atoms with van der Waals surface area (Å²) >= 11 is 0. The molecule has 1 fully saturated rings. The molecule has 0 heterocycles. The second-order valence-corrected chi connectivity index (χ2v) is 6.01. The molecule has 1 amide bonds. The Bertz CT molecular complexity index is 342. The van der Waals surface area contributed by atoms with Crippen molar-refractivity contribution in [2.75, 3.05) is 26.7 Å². The zero-order valence-electron chi connectivity index (χ0n) is 13.6. The van der Waals surface area contributed by atoms with E-state index in [1.54, 1.807) is 4.90 Å². The van der Waals surface area contributed by atoms with Crippen LogP contribution in [-0.2, 0) is 14.3 Å². The lowest BCUT2D eigenvalue weighted by Crippen LogP contribution is -2.44. The Hall–Kier alpha value is -1.10. The number of nitrogens with two attached hydrogens (primary N) is 1. The lowest BCUT2D eigenvalue weighted by molar-refractivity contribution is -0.149. The smallest absolute Gasteiger partial charge is 0.325 e.